The van der Waals surface area contributed by atoms with Gasteiger partial charge in [0.15, 0.2) is 0 Å². The van der Waals surface area contributed by atoms with Crippen LogP contribution < -0.4 is 0 Å². The topological polar surface area (TPSA) is 82.1 Å². The first-order valence-corrected chi connectivity index (χ1v) is 7.20. The maximum Gasteiger partial charge on any atom is 0.305 e. The Morgan fingerprint density at radius 2 is 1.45 bits per heavy atom. The number of carbonyl (C=O) groups is 2. The van der Waals surface area contributed by atoms with Crippen molar-refractivity contribution in [2.24, 2.45) is 0 Å². The van der Waals surface area contributed by atoms with Gasteiger partial charge in [0, 0.05) is 12.8 Å². The molecule has 0 unspecified atom stereocenters. The number of hydrogen-bond donors (Lipinski definition) is 1. The van der Waals surface area contributed by atoms with Gasteiger partial charge in [-0.15, -0.1) is 0 Å². The van der Waals surface area contributed by atoms with Gasteiger partial charge in [-0.25, -0.2) is 0 Å². The summed E-state index contributed by atoms with van der Waals surface area (Å²) in [4.78, 5) is 22.5. The molecule has 0 saturated heterocycles. The van der Waals surface area contributed by atoms with Crippen LogP contribution in [0.15, 0.2) is 0 Å². The third-order valence-corrected chi connectivity index (χ3v) is 2.50. The van der Waals surface area contributed by atoms with E-state index in [2.05, 4.69) is 0 Å². The van der Waals surface area contributed by atoms with Crippen LogP contribution in [-0.4, -0.2) is 50.1 Å². The monoisotopic (exact) mass is 290 g/mol. The van der Waals surface area contributed by atoms with Gasteiger partial charge < -0.3 is 19.3 Å². The molecule has 118 valence electrons. The van der Waals surface area contributed by atoms with Crippen molar-refractivity contribution in [2.75, 3.05) is 33.0 Å². The highest BCUT2D eigenvalue weighted by molar-refractivity contribution is 5.70. The molecule has 0 spiro atoms. The van der Waals surface area contributed by atoms with Crippen molar-refractivity contribution >= 4 is 11.9 Å². The first kappa shape index (κ1) is 18.9. The number of hydrogen-bond acceptors (Lipinski definition) is 6. The summed E-state index contributed by atoms with van der Waals surface area (Å²) < 4.78 is 14.9. The lowest BCUT2D eigenvalue weighted by molar-refractivity contribution is -0.146. The minimum absolute atomic E-state index is 0.0394. The molecule has 0 amide bonds. The molecule has 6 heteroatoms. The van der Waals surface area contributed by atoms with Gasteiger partial charge in [-0.3, -0.25) is 9.59 Å². The van der Waals surface area contributed by atoms with E-state index >= 15 is 0 Å². The molecule has 0 radical (unpaired) electrons. The second-order valence-electron chi connectivity index (χ2n) is 4.34. The molecule has 0 aliphatic carbocycles. The van der Waals surface area contributed by atoms with E-state index < -0.39 is 0 Å². The lowest BCUT2D eigenvalue weighted by atomic mass is 10.2. The maximum absolute atomic E-state index is 11.3. The first-order valence-electron chi connectivity index (χ1n) is 7.20. The fraction of sp³-hybridized carbons (Fsp3) is 0.857. The number of carbonyl (C=O) groups excluding carboxylic acids is 2. The van der Waals surface area contributed by atoms with Gasteiger partial charge in [0.25, 0.3) is 0 Å². The van der Waals surface area contributed by atoms with E-state index in [9.17, 15) is 9.59 Å². The molecule has 0 aliphatic heterocycles. The molecule has 0 aromatic carbocycles. The van der Waals surface area contributed by atoms with Gasteiger partial charge in [-0.1, -0.05) is 13.3 Å². The molecule has 0 aromatic heterocycles. The molecule has 1 N–H and O–H groups in total. The molecule has 0 bridgehead atoms. The summed E-state index contributed by atoms with van der Waals surface area (Å²) in [6.07, 6.45) is 3.76. The summed E-state index contributed by atoms with van der Waals surface area (Å²) in [6, 6.07) is 0. The Bertz CT molecular complexity index is 254. The average molecular weight is 290 g/mol. The number of rotatable bonds is 13. The Labute approximate surface area is 120 Å². The van der Waals surface area contributed by atoms with Crippen LogP contribution >= 0.6 is 0 Å². The fourth-order valence-corrected chi connectivity index (χ4v) is 1.39. The molecular weight excluding hydrogens is 264 g/mol. The molecule has 0 heterocycles. The van der Waals surface area contributed by atoms with Crippen molar-refractivity contribution < 1.29 is 28.9 Å². The smallest absolute Gasteiger partial charge is 0.305 e. The fourth-order valence-electron chi connectivity index (χ4n) is 1.39. The summed E-state index contributed by atoms with van der Waals surface area (Å²) in [5, 5.41) is 8.46. The first-order chi connectivity index (χ1) is 9.70. The average Bonchev–Trinajstić information content (AvgIpc) is 2.44. The van der Waals surface area contributed by atoms with Crippen LogP contribution in [0.25, 0.3) is 0 Å². The Balaban J connectivity index is 3.32. The number of esters is 2. The van der Waals surface area contributed by atoms with Gasteiger partial charge in [0.1, 0.15) is 6.61 Å². The highest BCUT2D eigenvalue weighted by Gasteiger charge is 2.05. The summed E-state index contributed by atoms with van der Waals surface area (Å²) >= 11 is 0. The second-order valence-corrected chi connectivity index (χ2v) is 4.34. The number of ether oxygens (including phenoxy) is 3. The Kier molecular flexibility index (Phi) is 13.5. The van der Waals surface area contributed by atoms with E-state index in [1.165, 1.54) is 0 Å². The number of aliphatic hydroxyl groups excluding tert-OH is 1. The van der Waals surface area contributed by atoms with E-state index in [4.69, 9.17) is 19.3 Å². The van der Waals surface area contributed by atoms with Crippen molar-refractivity contribution in [3.63, 3.8) is 0 Å². The predicted octanol–water partition coefficient (Wildman–Crippen LogP) is 1.44. The van der Waals surface area contributed by atoms with E-state index in [-0.39, 0.29) is 38.4 Å². The Morgan fingerprint density at radius 3 is 2.00 bits per heavy atom. The summed E-state index contributed by atoms with van der Waals surface area (Å²) in [5.41, 5.74) is 0. The third-order valence-electron chi connectivity index (χ3n) is 2.50. The van der Waals surface area contributed by atoms with Crippen LogP contribution in [-0.2, 0) is 23.8 Å². The lowest BCUT2D eigenvalue weighted by Gasteiger charge is -2.05. The SMILES string of the molecule is CCCCOC(=O)CCCCC(=O)OCCOCCO. The van der Waals surface area contributed by atoms with Crippen LogP contribution in [0.4, 0.5) is 0 Å². The van der Waals surface area contributed by atoms with Crippen LogP contribution in [0.1, 0.15) is 45.4 Å². The van der Waals surface area contributed by atoms with Gasteiger partial charge in [0.2, 0.25) is 0 Å². The Morgan fingerprint density at radius 1 is 0.850 bits per heavy atom. The van der Waals surface area contributed by atoms with E-state index in [1.54, 1.807) is 0 Å². The zero-order chi connectivity index (χ0) is 15.1. The van der Waals surface area contributed by atoms with Crippen molar-refractivity contribution in [2.45, 2.75) is 45.4 Å². The van der Waals surface area contributed by atoms with Gasteiger partial charge in [-0.2, -0.15) is 0 Å². The van der Waals surface area contributed by atoms with Crippen LogP contribution in [0.5, 0.6) is 0 Å². The zero-order valence-electron chi connectivity index (χ0n) is 12.3. The molecule has 6 nitrogen and oxygen atoms in total. The highest BCUT2D eigenvalue weighted by atomic mass is 16.6. The molecule has 0 fully saturated rings. The zero-order valence-corrected chi connectivity index (χ0v) is 12.3. The standard InChI is InChI=1S/C14H26O6/c1-2-3-9-19-13(16)6-4-5-7-14(17)20-12-11-18-10-8-15/h15H,2-12H2,1H3. The predicted molar refractivity (Wildman–Crippen MR) is 73.2 cm³/mol. The van der Waals surface area contributed by atoms with Crippen LogP contribution in [0.2, 0.25) is 0 Å². The summed E-state index contributed by atoms with van der Waals surface area (Å²) in [7, 11) is 0. The van der Waals surface area contributed by atoms with Gasteiger partial charge in [0.05, 0.1) is 26.4 Å². The highest BCUT2D eigenvalue weighted by Crippen LogP contribution is 2.03. The van der Waals surface area contributed by atoms with E-state index in [0.29, 0.717) is 32.3 Å². The molecule has 0 aromatic rings. The molecule has 20 heavy (non-hydrogen) atoms. The van der Waals surface area contributed by atoms with Crippen LogP contribution in [0.3, 0.4) is 0 Å². The molecular formula is C14H26O6. The minimum Gasteiger partial charge on any atom is -0.466 e. The van der Waals surface area contributed by atoms with E-state index in [1.807, 2.05) is 6.92 Å². The second kappa shape index (κ2) is 14.3. The quantitative estimate of drug-likeness (QED) is 0.408. The van der Waals surface area contributed by atoms with Crippen LogP contribution in [0, 0.1) is 0 Å². The number of unbranched alkanes of at least 4 members (excludes halogenated alkanes) is 2. The molecule has 0 aliphatic rings. The normalized spacial score (nSPS) is 10.3. The van der Waals surface area contributed by atoms with Crippen molar-refractivity contribution in [1.82, 2.24) is 0 Å². The number of aliphatic hydroxyl groups is 1. The van der Waals surface area contributed by atoms with Gasteiger partial charge in [-0.05, 0) is 19.3 Å². The van der Waals surface area contributed by atoms with Gasteiger partial charge >= 0.3 is 11.9 Å². The largest absolute Gasteiger partial charge is 0.466 e. The Hall–Kier alpha value is -1.14. The van der Waals surface area contributed by atoms with Crippen molar-refractivity contribution in [3.05, 3.63) is 0 Å². The van der Waals surface area contributed by atoms with Crippen molar-refractivity contribution in [3.8, 4) is 0 Å². The minimum atomic E-state index is -0.294. The van der Waals surface area contributed by atoms with E-state index in [0.717, 1.165) is 12.8 Å². The maximum atomic E-state index is 11.3. The lowest BCUT2D eigenvalue weighted by Crippen LogP contribution is -2.12. The molecule has 0 rings (SSSR count). The summed E-state index contributed by atoms with van der Waals surface area (Å²) in [5.74, 6) is -0.499. The third kappa shape index (κ3) is 13.3. The summed E-state index contributed by atoms with van der Waals surface area (Å²) in [6.45, 7) is 3.20. The molecule has 0 saturated carbocycles. The molecule has 0 atom stereocenters. The van der Waals surface area contributed by atoms with Crippen molar-refractivity contribution in [1.29, 1.82) is 0 Å².